The van der Waals surface area contributed by atoms with E-state index in [4.69, 9.17) is 9.15 Å². The standard InChI is InChI=1S/C23H19BrN2O3/c1-3-28-21-12-17(24)11-16(22(21)27)13-25-18-7-5-15(6-8-18)23-26-19-9-4-14(2)10-20(19)29-23/h4-13,27H,3H2,1-2H3. The normalized spacial score (nSPS) is 11.4. The minimum Gasteiger partial charge on any atom is -0.504 e. The summed E-state index contributed by atoms with van der Waals surface area (Å²) in [5, 5.41) is 10.3. The predicted octanol–water partition coefficient (Wildman–Crippen LogP) is 6.42. The molecule has 0 saturated carbocycles. The van der Waals surface area contributed by atoms with Crippen molar-refractivity contribution in [1.29, 1.82) is 0 Å². The van der Waals surface area contributed by atoms with Gasteiger partial charge in [0.05, 0.1) is 12.3 Å². The quantitative estimate of drug-likeness (QED) is 0.356. The van der Waals surface area contributed by atoms with Crippen LogP contribution in [0, 0.1) is 6.92 Å². The van der Waals surface area contributed by atoms with E-state index >= 15 is 0 Å². The van der Waals surface area contributed by atoms with Crippen LogP contribution in [-0.2, 0) is 0 Å². The molecule has 3 aromatic carbocycles. The number of aryl methyl sites for hydroxylation is 1. The van der Waals surface area contributed by atoms with Crippen LogP contribution < -0.4 is 4.74 Å². The number of oxazole rings is 1. The third-order valence-corrected chi connectivity index (χ3v) is 4.84. The van der Waals surface area contributed by atoms with E-state index in [1.54, 1.807) is 18.3 Å². The molecule has 0 aliphatic heterocycles. The monoisotopic (exact) mass is 450 g/mol. The molecule has 1 N–H and O–H groups in total. The minimum atomic E-state index is 0.0668. The molecular weight excluding hydrogens is 432 g/mol. The van der Waals surface area contributed by atoms with Gasteiger partial charge >= 0.3 is 0 Å². The molecule has 146 valence electrons. The Kier molecular flexibility index (Phi) is 5.36. The van der Waals surface area contributed by atoms with Crippen molar-refractivity contribution in [2.24, 2.45) is 4.99 Å². The number of aromatic nitrogens is 1. The van der Waals surface area contributed by atoms with Crippen LogP contribution in [0.5, 0.6) is 11.5 Å². The summed E-state index contributed by atoms with van der Waals surface area (Å²) < 4.78 is 12.1. The van der Waals surface area contributed by atoms with Crippen molar-refractivity contribution in [3.63, 3.8) is 0 Å². The molecule has 4 aromatic rings. The molecule has 29 heavy (non-hydrogen) atoms. The lowest BCUT2D eigenvalue weighted by Gasteiger charge is -2.08. The molecule has 0 radical (unpaired) electrons. The van der Waals surface area contributed by atoms with E-state index in [0.29, 0.717) is 23.8 Å². The van der Waals surface area contributed by atoms with Crippen molar-refractivity contribution >= 4 is 38.9 Å². The summed E-state index contributed by atoms with van der Waals surface area (Å²) in [6.07, 6.45) is 1.61. The van der Waals surface area contributed by atoms with Crippen LogP contribution in [0.1, 0.15) is 18.1 Å². The number of fused-ring (bicyclic) bond motifs is 1. The molecule has 6 heteroatoms. The van der Waals surface area contributed by atoms with Crippen molar-refractivity contribution in [2.75, 3.05) is 6.61 Å². The average Bonchev–Trinajstić information content (AvgIpc) is 3.13. The number of phenolic OH excluding ortho intramolecular Hbond substituents is 1. The number of ether oxygens (including phenoxy) is 1. The van der Waals surface area contributed by atoms with Gasteiger partial charge in [-0.15, -0.1) is 0 Å². The first-order valence-corrected chi connectivity index (χ1v) is 10.00. The van der Waals surface area contributed by atoms with Crippen molar-refractivity contribution in [3.8, 4) is 23.0 Å². The van der Waals surface area contributed by atoms with Gasteiger partial charge in [-0.25, -0.2) is 4.98 Å². The van der Waals surface area contributed by atoms with E-state index in [9.17, 15) is 5.11 Å². The van der Waals surface area contributed by atoms with Crippen LogP contribution >= 0.6 is 15.9 Å². The van der Waals surface area contributed by atoms with Crippen molar-refractivity contribution < 1.29 is 14.3 Å². The fourth-order valence-corrected chi connectivity index (χ4v) is 3.40. The zero-order valence-electron chi connectivity index (χ0n) is 16.0. The second-order valence-electron chi connectivity index (χ2n) is 6.57. The van der Waals surface area contributed by atoms with Gasteiger partial charge in [0.15, 0.2) is 17.1 Å². The minimum absolute atomic E-state index is 0.0668. The van der Waals surface area contributed by atoms with Crippen molar-refractivity contribution in [3.05, 3.63) is 70.2 Å². The second-order valence-corrected chi connectivity index (χ2v) is 7.49. The molecule has 0 aliphatic rings. The second kappa shape index (κ2) is 8.09. The van der Waals surface area contributed by atoms with E-state index in [-0.39, 0.29) is 5.75 Å². The van der Waals surface area contributed by atoms with Crippen LogP contribution in [0.2, 0.25) is 0 Å². The van der Waals surface area contributed by atoms with Crippen LogP contribution in [0.3, 0.4) is 0 Å². The van der Waals surface area contributed by atoms with Gasteiger partial charge in [-0.2, -0.15) is 0 Å². The number of nitrogens with zero attached hydrogens (tertiary/aromatic N) is 2. The fourth-order valence-electron chi connectivity index (χ4n) is 2.95. The van der Waals surface area contributed by atoms with E-state index in [1.165, 1.54) is 0 Å². The highest BCUT2D eigenvalue weighted by Gasteiger charge is 2.10. The molecule has 0 saturated heterocycles. The molecule has 1 heterocycles. The van der Waals surface area contributed by atoms with Crippen LogP contribution in [-0.4, -0.2) is 22.9 Å². The summed E-state index contributed by atoms with van der Waals surface area (Å²) >= 11 is 3.43. The maximum absolute atomic E-state index is 10.3. The van der Waals surface area contributed by atoms with Crippen LogP contribution in [0.15, 0.2) is 68.5 Å². The Morgan fingerprint density at radius 2 is 1.93 bits per heavy atom. The van der Waals surface area contributed by atoms with E-state index < -0.39 is 0 Å². The van der Waals surface area contributed by atoms with Gasteiger partial charge < -0.3 is 14.3 Å². The molecule has 1 aromatic heterocycles. The van der Waals surface area contributed by atoms with Gasteiger partial charge in [0.25, 0.3) is 0 Å². The van der Waals surface area contributed by atoms with E-state index in [0.717, 1.165) is 32.4 Å². The van der Waals surface area contributed by atoms with Crippen molar-refractivity contribution in [1.82, 2.24) is 4.98 Å². The van der Waals surface area contributed by atoms with Crippen molar-refractivity contribution in [2.45, 2.75) is 13.8 Å². The number of hydrogen-bond donors (Lipinski definition) is 1. The zero-order chi connectivity index (χ0) is 20.4. The summed E-state index contributed by atoms with van der Waals surface area (Å²) in [5.41, 5.74) is 4.94. The Labute approximate surface area is 176 Å². The predicted molar refractivity (Wildman–Crippen MR) is 118 cm³/mol. The Bertz CT molecular complexity index is 1200. The Balaban J connectivity index is 1.58. The number of halogens is 1. The number of aliphatic imine (C=N–C) groups is 1. The Hall–Kier alpha value is -3.12. The number of phenols is 1. The summed E-state index contributed by atoms with van der Waals surface area (Å²) in [4.78, 5) is 8.99. The SMILES string of the molecule is CCOc1cc(Br)cc(C=Nc2ccc(-c3nc4ccc(C)cc4o3)cc2)c1O. The topological polar surface area (TPSA) is 67.9 Å². The highest BCUT2D eigenvalue weighted by molar-refractivity contribution is 9.10. The summed E-state index contributed by atoms with van der Waals surface area (Å²) in [6, 6.07) is 17.1. The van der Waals surface area contributed by atoms with Gasteiger partial charge in [0.1, 0.15) is 5.52 Å². The molecule has 0 spiro atoms. The maximum Gasteiger partial charge on any atom is 0.227 e. The maximum atomic E-state index is 10.3. The van der Waals surface area contributed by atoms with Gasteiger partial charge in [-0.05, 0) is 67.9 Å². The number of rotatable bonds is 5. The molecule has 5 nitrogen and oxygen atoms in total. The van der Waals surface area contributed by atoms with E-state index in [2.05, 4.69) is 25.9 Å². The zero-order valence-corrected chi connectivity index (χ0v) is 17.6. The molecule has 0 unspecified atom stereocenters. The molecule has 0 amide bonds. The first-order chi connectivity index (χ1) is 14.0. The van der Waals surface area contributed by atoms with Crippen LogP contribution in [0.25, 0.3) is 22.6 Å². The van der Waals surface area contributed by atoms with Gasteiger partial charge in [-0.3, -0.25) is 4.99 Å². The lowest BCUT2D eigenvalue weighted by atomic mass is 10.2. The van der Waals surface area contributed by atoms with Gasteiger partial charge in [0, 0.05) is 21.8 Å². The third kappa shape index (κ3) is 4.17. The Morgan fingerprint density at radius 3 is 2.69 bits per heavy atom. The summed E-state index contributed by atoms with van der Waals surface area (Å²) in [5.74, 6) is 1.06. The molecule has 0 bridgehead atoms. The highest BCUT2D eigenvalue weighted by atomic mass is 79.9. The molecule has 0 fully saturated rings. The molecule has 0 aliphatic carbocycles. The lowest BCUT2D eigenvalue weighted by Crippen LogP contribution is -1.94. The number of aromatic hydroxyl groups is 1. The van der Waals surface area contributed by atoms with Gasteiger partial charge in [0.2, 0.25) is 5.89 Å². The Morgan fingerprint density at radius 1 is 1.14 bits per heavy atom. The third-order valence-electron chi connectivity index (χ3n) is 4.38. The largest absolute Gasteiger partial charge is 0.504 e. The first kappa shape index (κ1) is 19.2. The molecule has 4 rings (SSSR count). The smallest absolute Gasteiger partial charge is 0.227 e. The van der Waals surface area contributed by atoms with Gasteiger partial charge in [-0.1, -0.05) is 22.0 Å². The first-order valence-electron chi connectivity index (χ1n) is 9.20. The molecule has 0 atom stereocenters. The summed E-state index contributed by atoms with van der Waals surface area (Å²) in [7, 11) is 0. The van der Waals surface area contributed by atoms with Crippen LogP contribution in [0.4, 0.5) is 5.69 Å². The fraction of sp³-hybridized carbons (Fsp3) is 0.130. The lowest BCUT2D eigenvalue weighted by molar-refractivity contribution is 0.317. The number of benzene rings is 3. The number of hydrogen-bond acceptors (Lipinski definition) is 5. The summed E-state index contributed by atoms with van der Waals surface area (Å²) in [6.45, 7) is 4.36. The molecular formula is C23H19BrN2O3. The average molecular weight is 451 g/mol. The van der Waals surface area contributed by atoms with E-state index in [1.807, 2.05) is 56.3 Å². The highest BCUT2D eigenvalue weighted by Crippen LogP contribution is 2.33.